The fourth-order valence-corrected chi connectivity index (χ4v) is 3.01. The van der Waals surface area contributed by atoms with Gasteiger partial charge in [-0.15, -0.1) is 0 Å². The van der Waals surface area contributed by atoms with Crippen LogP contribution in [0.3, 0.4) is 0 Å². The number of esters is 1. The van der Waals surface area contributed by atoms with E-state index in [2.05, 4.69) is 19.6 Å². The summed E-state index contributed by atoms with van der Waals surface area (Å²) in [4.78, 5) is 15.1. The second-order valence-corrected chi connectivity index (χ2v) is 7.09. The highest BCUT2D eigenvalue weighted by Gasteiger charge is 2.75. The van der Waals surface area contributed by atoms with Gasteiger partial charge in [0, 0.05) is 18.8 Å². The first-order valence-electron chi connectivity index (χ1n) is 9.17. The van der Waals surface area contributed by atoms with Gasteiger partial charge in [0.15, 0.2) is 11.6 Å². The Kier molecular flexibility index (Phi) is 8.23. The number of allylic oxidation sites excluding steroid dienone is 2. The van der Waals surface area contributed by atoms with Crippen LogP contribution in [0.2, 0.25) is 5.02 Å². The Hall–Kier alpha value is -3.43. The quantitative estimate of drug-likeness (QED) is 0.177. The Balaban J connectivity index is 2.71. The molecule has 0 atom stereocenters. The molecule has 17 heteroatoms. The van der Waals surface area contributed by atoms with Gasteiger partial charge in [-0.05, 0) is 17.7 Å². The van der Waals surface area contributed by atoms with Gasteiger partial charge in [0.2, 0.25) is 0 Å². The normalized spacial score (nSPS) is 14.1. The zero-order valence-electron chi connectivity index (χ0n) is 17.9. The molecule has 1 aromatic heterocycles. The summed E-state index contributed by atoms with van der Waals surface area (Å²) in [6.45, 7) is -4.03. The summed E-state index contributed by atoms with van der Waals surface area (Å²) in [6, 6.07) is 3.82. The van der Waals surface area contributed by atoms with Gasteiger partial charge in [-0.1, -0.05) is 17.7 Å². The molecule has 1 heterocycles. The van der Waals surface area contributed by atoms with E-state index < -0.39 is 47.9 Å². The molecule has 0 unspecified atom stereocenters. The van der Waals surface area contributed by atoms with Crippen molar-refractivity contribution in [1.82, 2.24) is 9.78 Å². The summed E-state index contributed by atoms with van der Waals surface area (Å²) in [5.74, 6) is -4.13. The molecule has 0 saturated carbocycles. The molecular weight excluding hydrogens is 539 g/mol. The maximum atomic E-state index is 14.5. The van der Waals surface area contributed by atoms with E-state index in [1.807, 2.05) is 0 Å². The van der Waals surface area contributed by atoms with Gasteiger partial charge < -0.3 is 15.2 Å². The Morgan fingerprint density at radius 2 is 1.69 bits per heavy atom. The van der Waals surface area contributed by atoms with Crippen molar-refractivity contribution in [3.8, 4) is 11.1 Å². The van der Waals surface area contributed by atoms with E-state index in [-0.39, 0.29) is 21.7 Å². The summed E-state index contributed by atoms with van der Waals surface area (Å²) in [7, 11) is 1.83. The zero-order valence-corrected chi connectivity index (χ0v) is 18.6. The molecule has 198 valence electrons. The Morgan fingerprint density at radius 3 is 2.17 bits per heavy atom. The number of rotatable bonds is 6. The number of benzene rings is 1. The number of nitrogens with two attached hydrogens (primary N) is 1. The van der Waals surface area contributed by atoms with Gasteiger partial charge >= 0.3 is 30.6 Å². The maximum Gasteiger partial charge on any atom is 0.437 e. The van der Waals surface area contributed by atoms with Gasteiger partial charge in [0.1, 0.15) is 5.70 Å². The van der Waals surface area contributed by atoms with E-state index in [0.717, 1.165) is 26.6 Å². The van der Waals surface area contributed by atoms with Crippen molar-refractivity contribution in [3.05, 3.63) is 52.6 Å². The lowest BCUT2D eigenvalue weighted by molar-refractivity contribution is -0.327. The third-order valence-corrected chi connectivity index (χ3v) is 4.85. The number of alkyl halides is 9. The van der Waals surface area contributed by atoms with Gasteiger partial charge in [0.05, 0.1) is 23.9 Å². The third kappa shape index (κ3) is 5.37. The first-order valence-corrected chi connectivity index (χ1v) is 9.55. The van der Waals surface area contributed by atoms with Crippen LogP contribution >= 0.6 is 11.6 Å². The SMILES string of the molecule is CN=C(C(OC(F)F)=C(N)C(F)(C(F)(F)F)C(F)(F)F)n1cc(-c2ccc(Cl)c(C(=O)OC)c2)cn1. The molecule has 0 bridgehead atoms. The first kappa shape index (κ1) is 28.8. The van der Waals surface area contributed by atoms with Crippen molar-refractivity contribution in [3.63, 3.8) is 0 Å². The molecule has 1 aromatic carbocycles. The average molecular weight is 553 g/mol. The van der Waals surface area contributed by atoms with E-state index in [1.54, 1.807) is 0 Å². The lowest BCUT2D eigenvalue weighted by Gasteiger charge is -2.31. The Labute approximate surface area is 200 Å². The molecule has 0 radical (unpaired) electrons. The minimum absolute atomic E-state index is 0.0179. The molecule has 2 rings (SSSR count). The molecule has 2 N–H and O–H groups in total. The van der Waals surface area contributed by atoms with Crippen LogP contribution in [-0.4, -0.2) is 60.4 Å². The molecule has 0 aliphatic rings. The van der Waals surface area contributed by atoms with E-state index in [1.165, 1.54) is 18.2 Å². The molecule has 7 nitrogen and oxygen atoms in total. The number of aromatic nitrogens is 2. The van der Waals surface area contributed by atoms with Crippen molar-refractivity contribution >= 4 is 23.4 Å². The van der Waals surface area contributed by atoms with E-state index in [9.17, 15) is 44.3 Å². The number of hydrogen-bond acceptors (Lipinski definition) is 6. The van der Waals surface area contributed by atoms with Crippen molar-refractivity contribution in [2.24, 2.45) is 10.7 Å². The fourth-order valence-electron chi connectivity index (χ4n) is 2.82. The molecular formula is C19H14ClF9N4O3. The van der Waals surface area contributed by atoms with Crippen molar-refractivity contribution in [2.45, 2.75) is 24.6 Å². The number of hydrogen-bond donors (Lipinski definition) is 1. The second kappa shape index (κ2) is 10.3. The predicted octanol–water partition coefficient (Wildman–Crippen LogP) is 5.11. The smallest absolute Gasteiger partial charge is 0.437 e. The van der Waals surface area contributed by atoms with Crippen LogP contribution in [-0.2, 0) is 9.47 Å². The molecule has 2 aromatic rings. The van der Waals surface area contributed by atoms with Crippen LogP contribution < -0.4 is 5.73 Å². The molecule has 0 fully saturated rings. The first-order chi connectivity index (χ1) is 16.5. The van der Waals surface area contributed by atoms with E-state index in [4.69, 9.17) is 17.3 Å². The topological polar surface area (TPSA) is 91.7 Å². The molecule has 0 aliphatic heterocycles. The third-order valence-electron chi connectivity index (χ3n) is 4.52. The Morgan fingerprint density at radius 1 is 1.11 bits per heavy atom. The van der Waals surface area contributed by atoms with Gasteiger partial charge in [0.25, 0.3) is 0 Å². The van der Waals surface area contributed by atoms with Crippen LogP contribution in [0.5, 0.6) is 0 Å². The maximum absolute atomic E-state index is 14.5. The van der Waals surface area contributed by atoms with Gasteiger partial charge in [-0.2, -0.15) is 40.2 Å². The van der Waals surface area contributed by atoms with Gasteiger partial charge in [-0.3, -0.25) is 4.99 Å². The number of halogens is 10. The molecule has 0 saturated heterocycles. The lowest BCUT2D eigenvalue weighted by Crippen LogP contribution is -2.57. The summed E-state index contributed by atoms with van der Waals surface area (Å²) < 4.78 is 128. The van der Waals surface area contributed by atoms with Crippen LogP contribution in [0.25, 0.3) is 11.1 Å². The van der Waals surface area contributed by atoms with Crippen LogP contribution in [0.15, 0.2) is 47.0 Å². The number of carbonyl (C=O) groups is 1. The highest BCUT2D eigenvalue weighted by atomic mass is 35.5. The standard InChI is InChI=1S/C19H14ClF9N4O3/c1-31-14(12(36-16(21)22)13(30)17(23,18(24,25)26)19(27,28)29)33-7-9(6-32-33)8-3-4-11(20)10(5-8)15(34)35-2/h3-7,16H,30H2,1-2H3. The Bertz CT molecular complexity index is 1180. The number of nitrogens with zero attached hydrogens (tertiary/aromatic N) is 3. The zero-order chi connectivity index (χ0) is 27.6. The average Bonchev–Trinajstić information content (AvgIpc) is 3.25. The van der Waals surface area contributed by atoms with Crippen LogP contribution in [0, 0.1) is 0 Å². The number of aliphatic imine (C=N–C) groups is 1. The van der Waals surface area contributed by atoms with Crippen molar-refractivity contribution in [2.75, 3.05) is 14.2 Å². The highest BCUT2D eigenvalue weighted by Crippen LogP contribution is 2.50. The molecule has 36 heavy (non-hydrogen) atoms. The van der Waals surface area contributed by atoms with Gasteiger partial charge in [-0.25, -0.2) is 13.9 Å². The summed E-state index contributed by atoms with van der Waals surface area (Å²) >= 11 is 5.91. The molecule has 0 aliphatic carbocycles. The number of carbonyl (C=O) groups excluding carboxylic acids is 1. The lowest BCUT2D eigenvalue weighted by atomic mass is 9.99. The molecule has 0 amide bonds. The summed E-state index contributed by atoms with van der Waals surface area (Å²) in [6.07, 6.45) is -11.6. The van der Waals surface area contributed by atoms with Crippen LogP contribution in [0.1, 0.15) is 10.4 Å². The number of ether oxygens (including phenoxy) is 2. The minimum atomic E-state index is -6.71. The predicted molar refractivity (Wildman–Crippen MR) is 107 cm³/mol. The van der Waals surface area contributed by atoms with Crippen molar-refractivity contribution in [1.29, 1.82) is 0 Å². The monoisotopic (exact) mass is 552 g/mol. The number of methoxy groups -OCH3 is 1. The fraction of sp³-hybridized carbons (Fsp3) is 0.316. The minimum Gasteiger partial charge on any atom is -0.465 e. The van der Waals surface area contributed by atoms with E-state index in [0.29, 0.717) is 4.68 Å². The summed E-state index contributed by atoms with van der Waals surface area (Å²) in [5, 5.41) is 3.62. The highest BCUT2D eigenvalue weighted by molar-refractivity contribution is 6.33. The van der Waals surface area contributed by atoms with Crippen molar-refractivity contribution < 1.29 is 53.8 Å². The second-order valence-electron chi connectivity index (χ2n) is 6.68. The van der Waals surface area contributed by atoms with E-state index >= 15 is 0 Å². The molecule has 0 spiro atoms. The van der Waals surface area contributed by atoms with Crippen LogP contribution in [0.4, 0.5) is 39.5 Å². The largest absolute Gasteiger partial charge is 0.465 e. The summed E-state index contributed by atoms with van der Waals surface area (Å²) in [5.41, 5.74) is -4.09.